The molecule has 2 atom stereocenters. The number of H-pyrrole nitrogens is 1. The van der Waals surface area contributed by atoms with Crippen LogP contribution in [0.3, 0.4) is 0 Å². The molecule has 26 heavy (non-hydrogen) atoms. The van der Waals surface area contributed by atoms with E-state index in [1.165, 1.54) is 18.4 Å². The lowest BCUT2D eigenvalue weighted by molar-refractivity contribution is 0.332. The molecule has 0 radical (unpaired) electrons. The van der Waals surface area contributed by atoms with Crippen LogP contribution >= 0.6 is 11.3 Å². The number of thiophene rings is 1. The Morgan fingerprint density at radius 1 is 1.42 bits per heavy atom. The Labute approximate surface area is 153 Å². The van der Waals surface area contributed by atoms with Gasteiger partial charge in [-0.05, 0) is 29.9 Å². The van der Waals surface area contributed by atoms with Crippen LogP contribution in [0.15, 0.2) is 26.9 Å². The van der Waals surface area contributed by atoms with Gasteiger partial charge in [0.25, 0.3) is 5.56 Å². The largest absolute Gasteiger partial charge is 0.493 e. The van der Waals surface area contributed by atoms with Crippen LogP contribution in [0, 0.1) is 0 Å². The Hall–Kier alpha value is -2.19. The van der Waals surface area contributed by atoms with Crippen LogP contribution in [0.5, 0.6) is 0 Å². The second-order valence-electron chi connectivity index (χ2n) is 6.82. The highest BCUT2D eigenvalue weighted by Crippen LogP contribution is 2.49. The zero-order valence-corrected chi connectivity index (χ0v) is 15.4. The summed E-state index contributed by atoms with van der Waals surface area (Å²) in [5, 5.41) is 1.88. The maximum Gasteiger partial charge on any atom is 0.328 e. The molecule has 138 valence electrons. The first-order chi connectivity index (χ1) is 12.5. The minimum atomic E-state index is -0.611. The standard InChI is InChI=1S/C18H20FN3O3S/c1-8-12(9-5-11(6-20)26-7-9)14(19)16(25-2)13-15(8)22(10-3-4-10)18(24)21-17(13)23/h5,7-8,10,12H,3-4,6,20H2,1-2H3,(H,21,23,24). The van der Waals surface area contributed by atoms with E-state index in [0.717, 1.165) is 23.3 Å². The van der Waals surface area contributed by atoms with Crippen molar-refractivity contribution in [1.29, 1.82) is 0 Å². The molecule has 1 saturated carbocycles. The van der Waals surface area contributed by atoms with Gasteiger partial charge < -0.3 is 10.5 Å². The van der Waals surface area contributed by atoms with Gasteiger partial charge in [0.05, 0.1) is 7.11 Å². The first-order valence-electron chi connectivity index (χ1n) is 8.58. The number of ether oxygens (including phenoxy) is 1. The summed E-state index contributed by atoms with van der Waals surface area (Å²) in [6.07, 6.45) is 1.75. The van der Waals surface area contributed by atoms with E-state index in [-0.39, 0.29) is 23.3 Å². The molecule has 0 saturated heterocycles. The summed E-state index contributed by atoms with van der Waals surface area (Å²) in [5.41, 5.74) is 6.13. The Morgan fingerprint density at radius 2 is 2.15 bits per heavy atom. The number of methoxy groups -OCH3 is 1. The van der Waals surface area contributed by atoms with Crippen molar-refractivity contribution in [2.24, 2.45) is 5.73 Å². The minimum absolute atomic E-state index is 0.0533. The maximum absolute atomic E-state index is 15.4. The summed E-state index contributed by atoms with van der Waals surface area (Å²) in [6.45, 7) is 2.24. The number of rotatable bonds is 4. The molecule has 2 aromatic heterocycles. The second-order valence-corrected chi connectivity index (χ2v) is 7.81. The van der Waals surface area contributed by atoms with E-state index in [1.807, 2.05) is 18.4 Å². The van der Waals surface area contributed by atoms with Crippen molar-refractivity contribution in [3.05, 3.63) is 59.8 Å². The number of nitrogens with zero attached hydrogens (tertiary/aromatic N) is 1. The molecule has 0 amide bonds. The van der Waals surface area contributed by atoms with E-state index in [2.05, 4.69) is 4.98 Å². The molecule has 0 aromatic carbocycles. The molecule has 6 nitrogen and oxygen atoms in total. The SMILES string of the molecule is COC1=C(F)C(c2csc(CN)c2)C(C)c2c1c(=O)[nH]c(=O)n2C1CC1. The number of halogens is 1. The Kier molecular flexibility index (Phi) is 4.11. The Morgan fingerprint density at radius 3 is 2.73 bits per heavy atom. The maximum atomic E-state index is 15.4. The summed E-state index contributed by atoms with van der Waals surface area (Å²) in [6, 6.07) is 1.94. The van der Waals surface area contributed by atoms with Crippen molar-refractivity contribution in [2.45, 2.75) is 44.2 Å². The molecular formula is C18H20FN3O3S. The van der Waals surface area contributed by atoms with E-state index in [4.69, 9.17) is 10.5 Å². The average molecular weight is 377 g/mol. The number of aromatic amines is 1. The van der Waals surface area contributed by atoms with Crippen LogP contribution in [0.1, 0.15) is 59.3 Å². The molecule has 8 heteroatoms. The number of hydrogen-bond donors (Lipinski definition) is 2. The second kappa shape index (κ2) is 6.21. The number of nitrogens with two attached hydrogens (primary N) is 1. The third kappa shape index (κ3) is 2.47. The lowest BCUT2D eigenvalue weighted by Crippen LogP contribution is -2.38. The van der Waals surface area contributed by atoms with Gasteiger partial charge in [-0.3, -0.25) is 14.3 Å². The third-order valence-electron chi connectivity index (χ3n) is 5.18. The monoisotopic (exact) mass is 377 g/mol. The van der Waals surface area contributed by atoms with Crippen LogP contribution in [-0.4, -0.2) is 16.7 Å². The molecule has 2 unspecified atom stereocenters. The zero-order valence-electron chi connectivity index (χ0n) is 14.5. The molecule has 2 aliphatic carbocycles. The first kappa shape index (κ1) is 17.2. The highest BCUT2D eigenvalue weighted by Gasteiger charge is 2.42. The topological polar surface area (TPSA) is 90.1 Å². The summed E-state index contributed by atoms with van der Waals surface area (Å²) in [4.78, 5) is 28.2. The van der Waals surface area contributed by atoms with Gasteiger partial charge in [0, 0.05) is 35.0 Å². The molecular weight excluding hydrogens is 357 g/mol. The molecule has 0 aliphatic heterocycles. The highest BCUT2D eigenvalue weighted by atomic mass is 32.1. The summed E-state index contributed by atoms with van der Waals surface area (Å²) in [7, 11) is 1.34. The van der Waals surface area contributed by atoms with E-state index >= 15 is 4.39 Å². The number of nitrogens with one attached hydrogen (secondary N) is 1. The van der Waals surface area contributed by atoms with Crippen LogP contribution < -0.4 is 17.0 Å². The Bertz CT molecular complexity index is 1020. The van der Waals surface area contributed by atoms with Gasteiger partial charge in [0.1, 0.15) is 5.56 Å². The summed E-state index contributed by atoms with van der Waals surface area (Å²) < 4.78 is 22.3. The average Bonchev–Trinajstić information content (AvgIpc) is 3.33. The van der Waals surface area contributed by atoms with Gasteiger partial charge in [-0.2, -0.15) is 0 Å². The van der Waals surface area contributed by atoms with E-state index in [1.54, 1.807) is 4.57 Å². The molecule has 0 bridgehead atoms. The predicted octanol–water partition coefficient (Wildman–Crippen LogP) is 2.58. The van der Waals surface area contributed by atoms with Crippen molar-refractivity contribution < 1.29 is 9.13 Å². The molecule has 1 fully saturated rings. The summed E-state index contributed by atoms with van der Waals surface area (Å²) in [5.74, 6) is -1.56. The minimum Gasteiger partial charge on any atom is -0.493 e. The molecule has 0 spiro atoms. The molecule has 4 rings (SSSR count). The van der Waals surface area contributed by atoms with Crippen molar-refractivity contribution in [3.8, 4) is 0 Å². The van der Waals surface area contributed by atoms with Crippen molar-refractivity contribution in [1.82, 2.24) is 9.55 Å². The fraction of sp³-hybridized carbons (Fsp3) is 0.444. The lowest BCUT2D eigenvalue weighted by Gasteiger charge is -2.32. The van der Waals surface area contributed by atoms with Crippen LogP contribution in [0.2, 0.25) is 0 Å². The van der Waals surface area contributed by atoms with Gasteiger partial charge in [0.2, 0.25) is 0 Å². The molecule has 3 N–H and O–H groups in total. The number of allylic oxidation sites excluding steroid dienone is 1. The number of hydrogen-bond acceptors (Lipinski definition) is 5. The van der Waals surface area contributed by atoms with Gasteiger partial charge in [-0.25, -0.2) is 9.18 Å². The number of fused-ring (bicyclic) bond motifs is 1. The third-order valence-corrected chi connectivity index (χ3v) is 6.16. The molecule has 2 aliphatic rings. The van der Waals surface area contributed by atoms with Gasteiger partial charge >= 0.3 is 5.69 Å². The van der Waals surface area contributed by atoms with Crippen molar-refractivity contribution >= 4 is 17.1 Å². The van der Waals surface area contributed by atoms with Crippen molar-refractivity contribution in [2.75, 3.05) is 7.11 Å². The quantitative estimate of drug-likeness (QED) is 0.857. The molecule has 2 aromatic rings. The van der Waals surface area contributed by atoms with Gasteiger partial charge in [-0.15, -0.1) is 11.3 Å². The smallest absolute Gasteiger partial charge is 0.328 e. The fourth-order valence-corrected chi connectivity index (χ4v) is 4.67. The Balaban J connectivity index is 1.99. The first-order valence-corrected chi connectivity index (χ1v) is 9.46. The van der Waals surface area contributed by atoms with E-state index in [0.29, 0.717) is 12.2 Å². The van der Waals surface area contributed by atoms with Crippen molar-refractivity contribution in [3.63, 3.8) is 0 Å². The fourth-order valence-electron chi connectivity index (χ4n) is 3.87. The zero-order chi connectivity index (χ0) is 18.6. The summed E-state index contributed by atoms with van der Waals surface area (Å²) >= 11 is 1.48. The highest BCUT2D eigenvalue weighted by molar-refractivity contribution is 7.10. The van der Waals surface area contributed by atoms with Gasteiger partial charge in [0.15, 0.2) is 11.6 Å². The van der Waals surface area contributed by atoms with E-state index < -0.39 is 23.0 Å². The van der Waals surface area contributed by atoms with E-state index in [9.17, 15) is 9.59 Å². The normalized spacial score (nSPS) is 22.5. The van der Waals surface area contributed by atoms with Crippen LogP contribution in [0.4, 0.5) is 4.39 Å². The van der Waals surface area contributed by atoms with Crippen LogP contribution in [0.25, 0.3) is 5.76 Å². The number of aromatic nitrogens is 2. The van der Waals surface area contributed by atoms with Gasteiger partial charge in [-0.1, -0.05) is 6.92 Å². The lowest BCUT2D eigenvalue weighted by atomic mass is 9.78. The van der Waals surface area contributed by atoms with Crippen LogP contribution in [-0.2, 0) is 11.3 Å². The predicted molar refractivity (Wildman–Crippen MR) is 98.0 cm³/mol. The molecule has 2 heterocycles.